The van der Waals surface area contributed by atoms with E-state index in [2.05, 4.69) is 13.8 Å². The predicted octanol–water partition coefficient (Wildman–Crippen LogP) is 3.37. The van der Waals surface area contributed by atoms with Crippen molar-refractivity contribution in [1.82, 2.24) is 0 Å². The molecule has 1 N–H and O–H groups in total. The Morgan fingerprint density at radius 2 is 1.75 bits per heavy atom. The molecule has 0 bridgehead atoms. The molecule has 2 nitrogen and oxygen atoms in total. The van der Waals surface area contributed by atoms with E-state index in [0.717, 1.165) is 18.4 Å². The Hall–Kier alpha value is -1.31. The first kappa shape index (κ1) is 12.8. The molecule has 1 unspecified atom stereocenters. The molecule has 1 atom stereocenters. The number of benzene rings is 1. The average molecular weight is 220 g/mol. The molecule has 0 fully saturated rings. The summed E-state index contributed by atoms with van der Waals surface area (Å²) in [4.78, 5) is 11.3. The Bertz CT molecular complexity index is 315. The first-order valence-electron chi connectivity index (χ1n) is 5.95. The highest BCUT2D eigenvalue weighted by molar-refractivity contribution is 5.70. The molecule has 0 aromatic heterocycles. The molecule has 0 spiro atoms. The van der Waals surface area contributed by atoms with Gasteiger partial charge in [0.05, 0.1) is 5.92 Å². The maximum absolute atomic E-state index is 11.3. The van der Waals surface area contributed by atoms with E-state index in [4.69, 9.17) is 0 Å². The van der Waals surface area contributed by atoms with Crippen LogP contribution < -0.4 is 0 Å². The molecule has 0 aliphatic rings. The monoisotopic (exact) mass is 220 g/mol. The van der Waals surface area contributed by atoms with Crippen LogP contribution in [0.2, 0.25) is 0 Å². The van der Waals surface area contributed by atoms with E-state index in [0.29, 0.717) is 6.42 Å². The Kier molecular flexibility index (Phi) is 5.03. The lowest BCUT2D eigenvalue weighted by atomic mass is 9.83. The van der Waals surface area contributed by atoms with Crippen molar-refractivity contribution in [1.29, 1.82) is 0 Å². The Morgan fingerprint density at radius 3 is 2.19 bits per heavy atom. The van der Waals surface area contributed by atoms with Crippen LogP contribution in [0, 0.1) is 11.8 Å². The summed E-state index contributed by atoms with van der Waals surface area (Å²) in [5, 5.41) is 9.27. The quantitative estimate of drug-likeness (QED) is 0.798. The standard InChI is InChI=1S/C14H20O2/c1-3-12(4-2)13(14(15)16)10-11-8-6-5-7-9-11/h5-9,12-13H,3-4,10H2,1-2H3,(H,15,16). The zero-order valence-electron chi connectivity index (χ0n) is 10.0. The smallest absolute Gasteiger partial charge is 0.307 e. The summed E-state index contributed by atoms with van der Waals surface area (Å²) in [6, 6.07) is 9.87. The average Bonchev–Trinajstić information content (AvgIpc) is 2.30. The highest BCUT2D eigenvalue weighted by atomic mass is 16.4. The van der Waals surface area contributed by atoms with Gasteiger partial charge in [-0.2, -0.15) is 0 Å². The van der Waals surface area contributed by atoms with Crippen molar-refractivity contribution < 1.29 is 9.90 Å². The number of carboxylic acid groups (broad SMARTS) is 1. The van der Waals surface area contributed by atoms with Crippen LogP contribution in [0.4, 0.5) is 0 Å². The second-order valence-corrected chi connectivity index (χ2v) is 4.21. The number of carboxylic acids is 1. The molecule has 0 heterocycles. The Labute approximate surface area is 97.3 Å². The molecule has 88 valence electrons. The van der Waals surface area contributed by atoms with Crippen LogP contribution in [-0.4, -0.2) is 11.1 Å². The summed E-state index contributed by atoms with van der Waals surface area (Å²) in [6.45, 7) is 4.13. The molecule has 0 radical (unpaired) electrons. The van der Waals surface area contributed by atoms with Gasteiger partial charge in [0.25, 0.3) is 0 Å². The van der Waals surface area contributed by atoms with Crippen LogP contribution in [-0.2, 0) is 11.2 Å². The van der Waals surface area contributed by atoms with Crippen molar-refractivity contribution in [3.8, 4) is 0 Å². The normalized spacial score (nSPS) is 12.7. The highest BCUT2D eigenvalue weighted by Gasteiger charge is 2.25. The van der Waals surface area contributed by atoms with E-state index in [1.54, 1.807) is 0 Å². The number of carbonyl (C=O) groups is 1. The van der Waals surface area contributed by atoms with E-state index in [9.17, 15) is 9.90 Å². The van der Waals surface area contributed by atoms with E-state index in [1.165, 1.54) is 0 Å². The largest absolute Gasteiger partial charge is 0.481 e. The predicted molar refractivity (Wildman–Crippen MR) is 65.3 cm³/mol. The molecule has 0 aliphatic heterocycles. The van der Waals surface area contributed by atoms with Crippen LogP contribution in [0.1, 0.15) is 32.3 Å². The van der Waals surface area contributed by atoms with E-state index < -0.39 is 5.97 Å². The summed E-state index contributed by atoms with van der Waals surface area (Å²) in [5.41, 5.74) is 1.11. The molecule has 0 aliphatic carbocycles. The number of aliphatic carboxylic acids is 1. The molecule has 2 heteroatoms. The molecule has 0 amide bonds. The third-order valence-electron chi connectivity index (χ3n) is 3.23. The van der Waals surface area contributed by atoms with Gasteiger partial charge in [-0.3, -0.25) is 4.79 Å². The molecule has 1 aromatic carbocycles. The van der Waals surface area contributed by atoms with Crippen molar-refractivity contribution in [2.75, 3.05) is 0 Å². The molecule has 0 saturated carbocycles. The fraction of sp³-hybridized carbons (Fsp3) is 0.500. The van der Waals surface area contributed by atoms with Crippen molar-refractivity contribution in [2.45, 2.75) is 33.1 Å². The van der Waals surface area contributed by atoms with Gasteiger partial charge in [-0.15, -0.1) is 0 Å². The van der Waals surface area contributed by atoms with E-state index in [1.807, 2.05) is 30.3 Å². The second kappa shape index (κ2) is 6.31. The minimum Gasteiger partial charge on any atom is -0.481 e. The molecular formula is C14H20O2. The van der Waals surface area contributed by atoms with Gasteiger partial charge in [0.15, 0.2) is 0 Å². The summed E-state index contributed by atoms with van der Waals surface area (Å²) in [7, 11) is 0. The first-order valence-corrected chi connectivity index (χ1v) is 5.95. The molecule has 16 heavy (non-hydrogen) atoms. The lowest BCUT2D eigenvalue weighted by Crippen LogP contribution is -2.25. The van der Waals surface area contributed by atoms with Gasteiger partial charge < -0.3 is 5.11 Å². The minimum atomic E-state index is -0.669. The lowest BCUT2D eigenvalue weighted by Gasteiger charge is -2.21. The summed E-state index contributed by atoms with van der Waals surface area (Å²) in [6.07, 6.45) is 2.50. The van der Waals surface area contributed by atoms with Crippen LogP contribution >= 0.6 is 0 Å². The van der Waals surface area contributed by atoms with Crippen molar-refractivity contribution in [3.63, 3.8) is 0 Å². The number of rotatable bonds is 6. The topological polar surface area (TPSA) is 37.3 Å². The third kappa shape index (κ3) is 3.37. The van der Waals surface area contributed by atoms with Gasteiger partial charge >= 0.3 is 5.97 Å². The van der Waals surface area contributed by atoms with Gasteiger partial charge in [-0.25, -0.2) is 0 Å². The summed E-state index contributed by atoms with van der Waals surface area (Å²) >= 11 is 0. The fourth-order valence-corrected chi connectivity index (χ4v) is 2.18. The van der Waals surface area contributed by atoms with Gasteiger partial charge in [-0.05, 0) is 17.9 Å². The molecular weight excluding hydrogens is 200 g/mol. The van der Waals surface area contributed by atoms with E-state index >= 15 is 0 Å². The van der Waals surface area contributed by atoms with Crippen LogP contribution in [0.3, 0.4) is 0 Å². The number of hydrogen-bond acceptors (Lipinski definition) is 1. The first-order chi connectivity index (χ1) is 7.69. The Morgan fingerprint density at radius 1 is 1.19 bits per heavy atom. The Balaban J connectivity index is 2.76. The van der Waals surface area contributed by atoms with Gasteiger partial charge in [-0.1, -0.05) is 57.0 Å². The molecule has 0 saturated heterocycles. The van der Waals surface area contributed by atoms with Crippen molar-refractivity contribution >= 4 is 5.97 Å². The number of hydrogen-bond donors (Lipinski definition) is 1. The fourth-order valence-electron chi connectivity index (χ4n) is 2.18. The van der Waals surface area contributed by atoms with Gasteiger partial charge in [0.2, 0.25) is 0 Å². The zero-order valence-corrected chi connectivity index (χ0v) is 10.0. The lowest BCUT2D eigenvalue weighted by molar-refractivity contribution is -0.143. The van der Waals surface area contributed by atoms with Crippen molar-refractivity contribution in [3.05, 3.63) is 35.9 Å². The van der Waals surface area contributed by atoms with Crippen LogP contribution in [0.5, 0.6) is 0 Å². The third-order valence-corrected chi connectivity index (χ3v) is 3.23. The summed E-state index contributed by atoms with van der Waals surface area (Å²) < 4.78 is 0. The minimum absolute atomic E-state index is 0.252. The van der Waals surface area contributed by atoms with Gasteiger partial charge in [0.1, 0.15) is 0 Å². The van der Waals surface area contributed by atoms with Gasteiger partial charge in [0, 0.05) is 0 Å². The van der Waals surface area contributed by atoms with E-state index in [-0.39, 0.29) is 11.8 Å². The van der Waals surface area contributed by atoms with Crippen LogP contribution in [0.15, 0.2) is 30.3 Å². The zero-order chi connectivity index (χ0) is 12.0. The maximum Gasteiger partial charge on any atom is 0.307 e. The molecule has 1 aromatic rings. The maximum atomic E-state index is 11.3. The van der Waals surface area contributed by atoms with Crippen LogP contribution in [0.25, 0.3) is 0 Å². The molecule has 1 rings (SSSR count). The second-order valence-electron chi connectivity index (χ2n) is 4.21. The van der Waals surface area contributed by atoms with Crippen molar-refractivity contribution in [2.24, 2.45) is 11.8 Å². The SMILES string of the molecule is CCC(CC)C(Cc1ccccc1)C(=O)O. The highest BCUT2D eigenvalue weighted by Crippen LogP contribution is 2.23. The summed E-state index contributed by atoms with van der Waals surface area (Å²) in [5.74, 6) is -0.646.